The van der Waals surface area contributed by atoms with Crippen molar-refractivity contribution in [1.29, 1.82) is 0 Å². The molecular formula is C25H29ClO13. The number of carbonyl (C=O) groups is 5. The van der Waals surface area contributed by atoms with Gasteiger partial charge in [0, 0.05) is 27.7 Å². The smallest absolute Gasteiger partial charge is 0.303 e. The topological polar surface area (TPSA) is 159 Å². The van der Waals surface area contributed by atoms with Crippen molar-refractivity contribution in [3.63, 3.8) is 0 Å². The highest BCUT2D eigenvalue weighted by Gasteiger charge is 2.53. The third kappa shape index (κ3) is 9.14. The third-order valence-corrected chi connectivity index (χ3v) is 5.20. The van der Waals surface area contributed by atoms with Crippen LogP contribution in [0.25, 0.3) is 6.08 Å². The molecule has 0 spiro atoms. The summed E-state index contributed by atoms with van der Waals surface area (Å²) in [4.78, 5) is 58.6. The van der Waals surface area contributed by atoms with E-state index in [4.69, 9.17) is 49.5 Å². The number of carbonyl (C=O) groups excluding carboxylic acids is 5. The second-order valence-electron chi connectivity index (χ2n) is 8.08. The van der Waals surface area contributed by atoms with Crippen molar-refractivity contribution < 1.29 is 61.9 Å². The lowest BCUT2D eigenvalue weighted by Crippen LogP contribution is -2.63. The maximum atomic E-state index is 12.0. The summed E-state index contributed by atoms with van der Waals surface area (Å²) in [6, 6.07) is 3.00. The molecule has 1 saturated heterocycles. The summed E-state index contributed by atoms with van der Waals surface area (Å²) in [5.41, 5.74) is 0.464. The molecule has 13 nitrogen and oxygen atoms in total. The van der Waals surface area contributed by atoms with E-state index in [2.05, 4.69) is 0 Å². The Morgan fingerprint density at radius 3 is 1.79 bits per heavy atom. The molecule has 0 N–H and O–H groups in total. The van der Waals surface area contributed by atoms with Gasteiger partial charge in [0.15, 0.2) is 23.7 Å². The number of hydrogen-bond acceptors (Lipinski definition) is 13. The quantitative estimate of drug-likeness (QED) is 0.164. The summed E-state index contributed by atoms with van der Waals surface area (Å²) < 4.78 is 44.0. The Bertz CT molecular complexity index is 1090. The molecule has 1 fully saturated rings. The lowest BCUT2D eigenvalue weighted by molar-refractivity contribution is -0.288. The molecule has 1 aromatic rings. The zero-order valence-corrected chi connectivity index (χ0v) is 22.8. The van der Waals surface area contributed by atoms with Crippen LogP contribution in [0.5, 0.6) is 17.2 Å². The SMILES string of the molecule is COc1cc(C=CC(=O)Cl)cc(OC)c1O[C@@H]1O[C@H](COC(C)=O)[C@H](OC(C)=O)[C@H](OC(C)=O)[C@H]1OC(C)=O. The van der Waals surface area contributed by atoms with Crippen molar-refractivity contribution in [2.45, 2.75) is 58.4 Å². The van der Waals surface area contributed by atoms with Crippen LogP contribution in [0.15, 0.2) is 18.2 Å². The van der Waals surface area contributed by atoms with Crippen LogP contribution in [0.2, 0.25) is 0 Å². The minimum atomic E-state index is -1.51. The number of benzene rings is 1. The van der Waals surface area contributed by atoms with Crippen LogP contribution in [0.1, 0.15) is 33.3 Å². The van der Waals surface area contributed by atoms with Crippen molar-refractivity contribution in [3.05, 3.63) is 23.8 Å². The molecule has 5 atom stereocenters. The number of allylic oxidation sites excluding steroid dienone is 1. The Morgan fingerprint density at radius 1 is 0.821 bits per heavy atom. The summed E-state index contributed by atoms with van der Waals surface area (Å²) in [6.07, 6.45) is -4.43. The molecule has 0 aromatic heterocycles. The average Bonchev–Trinajstić information content (AvgIpc) is 2.84. The maximum Gasteiger partial charge on any atom is 0.303 e. The molecule has 0 amide bonds. The molecule has 0 unspecified atom stereocenters. The molecule has 214 valence electrons. The second-order valence-corrected chi connectivity index (χ2v) is 8.45. The van der Waals surface area contributed by atoms with Crippen molar-refractivity contribution >= 4 is 46.8 Å². The summed E-state index contributed by atoms with van der Waals surface area (Å²) >= 11 is 5.38. The second kappa shape index (κ2) is 14.4. The van der Waals surface area contributed by atoms with Crippen LogP contribution >= 0.6 is 11.6 Å². The lowest BCUT2D eigenvalue weighted by atomic mass is 9.98. The molecule has 0 saturated carbocycles. The van der Waals surface area contributed by atoms with E-state index >= 15 is 0 Å². The first-order chi connectivity index (χ1) is 18.4. The van der Waals surface area contributed by atoms with Gasteiger partial charge in [-0.25, -0.2) is 0 Å². The first kappa shape index (κ1) is 31.4. The zero-order chi connectivity index (χ0) is 29.3. The Balaban J connectivity index is 2.62. The van der Waals surface area contributed by atoms with E-state index in [-0.39, 0.29) is 17.2 Å². The molecule has 1 aliphatic rings. The van der Waals surface area contributed by atoms with Crippen LogP contribution in [0.4, 0.5) is 0 Å². The summed E-state index contributed by atoms with van der Waals surface area (Å²) in [5.74, 6) is -2.80. The van der Waals surface area contributed by atoms with Crippen LogP contribution < -0.4 is 14.2 Å². The van der Waals surface area contributed by atoms with Gasteiger partial charge in [0.25, 0.3) is 0 Å². The van der Waals surface area contributed by atoms with Crippen molar-refractivity contribution in [2.24, 2.45) is 0 Å². The van der Waals surface area contributed by atoms with Gasteiger partial charge in [-0.1, -0.05) is 0 Å². The standard InChI is InChI=1S/C25H29ClO13/c1-12(27)34-11-19-22(35-13(2)28)23(36-14(3)29)24(37-15(4)30)25(38-19)39-21-17(32-5)9-16(7-8-20(26)31)10-18(21)33-6/h7-10,19,22-25H,11H2,1-6H3/t19-,22+,23+,24-,25+/m1/s1. The Morgan fingerprint density at radius 2 is 1.33 bits per heavy atom. The minimum absolute atomic E-state index is 0.0183. The fourth-order valence-corrected chi connectivity index (χ4v) is 3.74. The van der Waals surface area contributed by atoms with Crippen LogP contribution in [0, 0.1) is 0 Å². The van der Waals surface area contributed by atoms with E-state index in [1.54, 1.807) is 0 Å². The minimum Gasteiger partial charge on any atom is -0.493 e. The van der Waals surface area contributed by atoms with Crippen molar-refractivity contribution in [2.75, 3.05) is 20.8 Å². The van der Waals surface area contributed by atoms with Gasteiger partial charge in [0.2, 0.25) is 23.4 Å². The van der Waals surface area contributed by atoms with E-state index in [1.165, 1.54) is 32.4 Å². The van der Waals surface area contributed by atoms with Crippen molar-refractivity contribution in [3.8, 4) is 17.2 Å². The van der Waals surface area contributed by atoms with Gasteiger partial charge in [0.1, 0.15) is 12.7 Å². The Labute approximate surface area is 229 Å². The first-order valence-electron chi connectivity index (χ1n) is 11.5. The normalized spacial score (nSPS) is 22.4. The van der Waals surface area contributed by atoms with Gasteiger partial charge in [-0.15, -0.1) is 0 Å². The van der Waals surface area contributed by atoms with Crippen LogP contribution in [-0.4, -0.2) is 80.7 Å². The van der Waals surface area contributed by atoms with E-state index < -0.39 is 66.4 Å². The van der Waals surface area contributed by atoms with E-state index in [9.17, 15) is 24.0 Å². The van der Waals surface area contributed by atoms with Gasteiger partial charge < -0.3 is 37.9 Å². The number of hydrogen-bond donors (Lipinski definition) is 0. The predicted molar refractivity (Wildman–Crippen MR) is 132 cm³/mol. The number of esters is 4. The molecule has 0 radical (unpaired) electrons. The van der Waals surface area contributed by atoms with Crippen LogP contribution in [-0.2, 0) is 47.7 Å². The van der Waals surface area contributed by atoms with E-state index in [1.807, 2.05) is 0 Å². The number of ether oxygens (including phenoxy) is 8. The van der Waals surface area contributed by atoms with Crippen molar-refractivity contribution in [1.82, 2.24) is 0 Å². The molecule has 1 aromatic carbocycles. The fourth-order valence-electron chi connectivity index (χ4n) is 3.67. The average molecular weight is 573 g/mol. The van der Waals surface area contributed by atoms with Gasteiger partial charge in [-0.2, -0.15) is 0 Å². The van der Waals surface area contributed by atoms with Gasteiger partial charge in [0.05, 0.1) is 14.2 Å². The summed E-state index contributed by atoms with van der Waals surface area (Å²) in [6.45, 7) is 4.05. The maximum absolute atomic E-state index is 12.0. The molecule has 0 bridgehead atoms. The molecular weight excluding hydrogens is 544 g/mol. The highest BCUT2D eigenvalue weighted by Crippen LogP contribution is 2.41. The fraction of sp³-hybridized carbons (Fsp3) is 0.480. The first-order valence-corrected chi connectivity index (χ1v) is 11.8. The largest absolute Gasteiger partial charge is 0.493 e. The Kier molecular flexibility index (Phi) is 11.5. The zero-order valence-electron chi connectivity index (χ0n) is 22.1. The Hall–Kier alpha value is -3.84. The molecule has 0 aliphatic carbocycles. The van der Waals surface area contributed by atoms with Crippen LogP contribution in [0.3, 0.4) is 0 Å². The third-order valence-electron chi connectivity index (χ3n) is 5.07. The van der Waals surface area contributed by atoms with E-state index in [0.717, 1.165) is 33.8 Å². The number of methoxy groups -OCH3 is 2. The highest BCUT2D eigenvalue weighted by atomic mass is 35.5. The van der Waals surface area contributed by atoms with Gasteiger partial charge in [-0.05, 0) is 41.4 Å². The lowest BCUT2D eigenvalue weighted by Gasteiger charge is -2.44. The van der Waals surface area contributed by atoms with Gasteiger partial charge >= 0.3 is 23.9 Å². The number of halogens is 1. The monoisotopic (exact) mass is 572 g/mol. The summed E-state index contributed by atoms with van der Waals surface area (Å²) in [5, 5.41) is -0.703. The van der Waals surface area contributed by atoms with E-state index in [0.29, 0.717) is 5.56 Å². The molecule has 1 aliphatic heterocycles. The summed E-state index contributed by atoms with van der Waals surface area (Å²) in [7, 11) is 2.68. The number of rotatable bonds is 11. The highest BCUT2D eigenvalue weighted by molar-refractivity contribution is 6.66. The molecule has 1 heterocycles. The predicted octanol–water partition coefficient (Wildman–Crippen LogP) is 1.94. The molecule has 2 rings (SSSR count). The molecule has 39 heavy (non-hydrogen) atoms. The molecule has 14 heteroatoms. The van der Waals surface area contributed by atoms with Gasteiger partial charge in [-0.3, -0.25) is 24.0 Å².